The van der Waals surface area contributed by atoms with Crippen LogP contribution in [0.5, 0.6) is 0 Å². The fraction of sp³-hybridized carbons (Fsp3) is 0.875. The monoisotopic (exact) mass is 171 g/mol. The van der Waals surface area contributed by atoms with Crippen molar-refractivity contribution in [3.63, 3.8) is 0 Å². The third kappa shape index (κ3) is 1.53. The number of carbonyl (C=O) groups is 1. The average molecular weight is 171 g/mol. The Morgan fingerprint density at radius 2 is 2.17 bits per heavy atom. The summed E-state index contributed by atoms with van der Waals surface area (Å²) in [5, 5.41) is 9.97. The Kier molecular flexibility index (Phi) is 1.72. The van der Waals surface area contributed by atoms with E-state index in [1.807, 2.05) is 0 Å². The molecule has 4 nitrogen and oxygen atoms in total. The molecule has 68 valence electrons. The zero-order valence-electron chi connectivity index (χ0n) is 6.95. The molecule has 0 aromatic rings. The van der Waals surface area contributed by atoms with Crippen molar-refractivity contribution in [3.8, 4) is 0 Å². The number of rotatable bonds is 1. The van der Waals surface area contributed by atoms with Crippen LogP contribution in [0.15, 0.2) is 0 Å². The Balaban J connectivity index is 1.86. The van der Waals surface area contributed by atoms with Gasteiger partial charge in [-0.25, -0.2) is 4.79 Å². The van der Waals surface area contributed by atoms with Crippen LogP contribution in [0.4, 0.5) is 4.79 Å². The van der Waals surface area contributed by atoms with E-state index in [2.05, 4.69) is 4.84 Å². The van der Waals surface area contributed by atoms with Crippen LogP contribution in [0.1, 0.15) is 25.7 Å². The molecular weight excluding hydrogens is 158 g/mol. The van der Waals surface area contributed by atoms with Gasteiger partial charge < -0.3 is 9.94 Å². The minimum Gasteiger partial charge on any atom is -0.448 e. The van der Waals surface area contributed by atoms with Gasteiger partial charge in [0.1, 0.15) is 0 Å². The summed E-state index contributed by atoms with van der Waals surface area (Å²) in [6.45, 7) is 1.56. The topological polar surface area (TPSA) is 49.8 Å². The van der Waals surface area contributed by atoms with Gasteiger partial charge in [-0.2, -0.15) is 0 Å². The maximum Gasteiger partial charge on any atom is 0.525 e. The summed E-state index contributed by atoms with van der Waals surface area (Å²) in [4.78, 5) is 14.9. The van der Waals surface area contributed by atoms with E-state index < -0.39 is 6.16 Å². The first-order chi connectivity index (χ1) is 5.70. The lowest BCUT2D eigenvalue weighted by atomic mass is 9.97. The summed E-state index contributed by atoms with van der Waals surface area (Å²) >= 11 is 0. The molecule has 1 aliphatic heterocycles. The minimum absolute atomic E-state index is 0.424. The van der Waals surface area contributed by atoms with Crippen molar-refractivity contribution in [2.45, 2.75) is 25.7 Å². The van der Waals surface area contributed by atoms with E-state index in [-0.39, 0.29) is 0 Å². The zero-order chi connectivity index (χ0) is 8.60. The van der Waals surface area contributed by atoms with Crippen LogP contribution in [0, 0.1) is 5.41 Å². The van der Waals surface area contributed by atoms with Gasteiger partial charge in [0.15, 0.2) is 0 Å². The third-order valence-corrected chi connectivity index (χ3v) is 2.79. The zero-order valence-corrected chi connectivity index (χ0v) is 6.95. The molecule has 0 amide bonds. The summed E-state index contributed by atoms with van der Waals surface area (Å²) in [7, 11) is 0. The Bertz CT molecular complexity index is 200. The van der Waals surface area contributed by atoms with Crippen molar-refractivity contribution < 1.29 is 14.7 Å². The smallest absolute Gasteiger partial charge is 0.448 e. The van der Waals surface area contributed by atoms with E-state index in [1.54, 1.807) is 5.06 Å². The molecule has 0 aromatic carbocycles. The van der Waals surface area contributed by atoms with Crippen molar-refractivity contribution in [2.75, 3.05) is 13.1 Å². The van der Waals surface area contributed by atoms with Crippen LogP contribution < -0.4 is 0 Å². The molecule has 1 saturated carbocycles. The second kappa shape index (κ2) is 2.62. The van der Waals surface area contributed by atoms with Crippen molar-refractivity contribution in [2.24, 2.45) is 5.41 Å². The van der Waals surface area contributed by atoms with Crippen LogP contribution in [0.25, 0.3) is 0 Å². The maximum atomic E-state index is 10.2. The Labute approximate surface area is 71.1 Å². The number of hydroxylamine groups is 2. The first-order valence-corrected chi connectivity index (χ1v) is 4.36. The second-order valence-corrected chi connectivity index (χ2v) is 3.82. The minimum atomic E-state index is -1.19. The number of hydrogen-bond acceptors (Lipinski definition) is 3. The fourth-order valence-electron chi connectivity index (χ4n) is 1.94. The van der Waals surface area contributed by atoms with Gasteiger partial charge in [0, 0.05) is 13.1 Å². The normalized spacial score (nSPS) is 27.0. The van der Waals surface area contributed by atoms with Crippen LogP contribution >= 0.6 is 0 Å². The van der Waals surface area contributed by atoms with Crippen LogP contribution in [-0.4, -0.2) is 29.4 Å². The predicted molar refractivity (Wildman–Crippen MR) is 41.6 cm³/mol. The molecule has 0 aromatic heterocycles. The van der Waals surface area contributed by atoms with Gasteiger partial charge in [-0.05, 0) is 31.1 Å². The maximum absolute atomic E-state index is 10.2. The van der Waals surface area contributed by atoms with Gasteiger partial charge in [0.05, 0.1) is 0 Å². The lowest BCUT2D eigenvalue weighted by Crippen LogP contribution is -2.37. The Hall–Kier alpha value is -0.770. The molecule has 0 atom stereocenters. The number of hydrogen-bond donors (Lipinski definition) is 1. The van der Waals surface area contributed by atoms with E-state index in [1.165, 1.54) is 19.3 Å². The summed E-state index contributed by atoms with van der Waals surface area (Å²) in [6, 6.07) is 0. The third-order valence-electron chi connectivity index (χ3n) is 2.79. The molecule has 0 bridgehead atoms. The Morgan fingerprint density at radius 1 is 1.42 bits per heavy atom. The first-order valence-electron chi connectivity index (χ1n) is 4.36. The SMILES string of the molecule is O=C(O)ON1CCCC2(CC2)C1. The number of carboxylic acid groups (broad SMARTS) is 1. The lowest BCUT2D eigenvalue weighted by molar-refractivity contribution is -0.143. The van der Waals surface area contributed by atoms with Gasteiger partial charge in [-0.15, -0.1) is 5.06 Å². The highest BCUT2D eigenvalue weighted by Gasteiger charge is 2.46. The molecule has 1 spiro atoms. The summed E-state index contributed by atoms with van der Waals surface area (Å²) < 4.78 is 0. The molecule has 1 N–H and O–H groups in total. The van der Waals surface area contributed by atoms with Crippen molar-refractivity contribution in [1.82, 2.24) is 5.06 Å². The van der Waals surface area contributed by atoms with E-state index in [4.69, 9.17) is 5.11 Å². The van der Waals surface area contributed by atoms with Crippen LogP contribution in [-0.2, 0) is 4.84 Å². The molecule has 2 rings (SSSR count). The molecule has 1 heterocycles. The molecule has 0 radical (unpaired) electrons. The molecule has 2 aliphatic rings. The summed E-state index contributed by atoms with van der Waals surface area (Å²) in [6.07, 6.45) is 3.60. The summed E-state index contributed by atoms with van der Waals surface area (Å²) in [5.41, 5.74) is 0.424. The lowest BCUT2D eigenvalue weighted by Gasteiger charge is -2.29. The van der Waals surface area contributed by atoms with Gasteiger partial charge in [-0.3, -0.25) is 0 Å². The second-order valence-electron chi connectivity index (χ2n) is 3.82. The van der Waals surface area contributed by atoms with E-state index in [9.17, 15) is 4.79 Å². The van der Waals surface area contributed by atoms with Gasteiger partial charge in [0.2, 0.25) is 0 Å². The highest BCUT2D eigenvalue weighted by atomic mass is 16.8. The van der Waals surface area contributed by atoms with Gasteiger partial charge in [-0.1, -0.05) is 0 Å². The molecule has 1 saturated heterocycles. The predicted octanol–water partition coefficient (Wildman–Crippen LogP) is 1.47. The van der Waals surface area contributed by atoms with Crippen molar-refractivity contribution in [3.05, 3.63) is 0 Å². The highest BCUT2D eigenvalue weighted by molar-refractivity contribution is 5.56. The summed E-state index contributed by atoms with van der Waals surface area (Å²) in [5.74, 6) is 0. The van der Waals surface area contributed by atoms with E-state index in [0.717, 1.165) is 19.5 Å². The molecular formula is C8H13NO3. The van der Waals surface area contributed by atoms with Crippen molar-refractivity contribution >= 4 is 6.16 Å². The van der Waals surface area contributed by atoms with Crippen LogP contribution in [0.2, 0.25) is 0 Å². The molecule has 1 aliphatic carbocycles. The molecule has 2 fully saturated rings. The van der Waals surface area contributed by atoms with Gasteiger partial charge in [0.25, 0.3) is 0 Å². The van der Waals surface area contributed by atoms with E-state index >= 15 is 0 Å². The quantitative estimate of drug-likeness (QED) is 0.649. The molecule has 0 unspecified atom stereocenters. The van der Waals surface area contributed by atoms with Gasteiger partial charge >= 0.3 is 6.16 Å². The first kappa shape index (κ1) is 7.86. The number of piperidine rings is 1. The standard InChI is InChI=1S/C8H13NO3/c10-7(11)12-9-5-1-2-8(6-9)3-4-8/h1-6H2,(H,10,11). The number of nitrogens with zero attached hydrogens (tertiary/aromatic N) is 1. The van der Waals surface area contributed by atoms with Crippen molar-refractivity contribution in [1.29, 1.82) is 0 Å². The van der Waals surface area contributed by atoms with E-state index in [0.29, 0.717) is 5.41 Å². The van der Waals surface area contributed by atoms with Crippen LogP contribution in [0.3, 0.4) is 0 Å². The average Bonchev–Trinajstić information content (AvgIpc) is 2.68. The Morgan fingerprint density at radius 3 is 2.75 bits per heavy atom. The molecule has 4 heteroatoms. The largest absolute Gasteiger partial charge is 0.525 e. The fourth-order valence-corrected chi connectivity index (χ4v) is 1.94. The highest BCUT2D eigenvalue weighted by Crippen LogP contribution is 2.51. The molecule has 12 heavy (non-hydrogen) atoms.